The van der Waals surface area contributed by atoms with Crippen molar-refractivity contribution < 1.29 is 4.57 Å². The predicted molar refractivity (Wildman–Crippen MR) is 161 cm³/mol. The van der Waals surface area contributed by atoms with Crippen LogP contribution < -0.4 is 20.8 Å². The van der Waals surface area contributed by atoms with Crippen LogP contribution in [0.2, 0.25) is 0 Å². The average molecular weight is 498 g/mol. The van der Waals surface area contributed by atoms with E-state index in [1.165, 1.54) is 10.8 Å². The SMILES string of the molecule is CN(C)c1ccc2ccccc2c1-c1cc(P(=O)(c2ccccc2)c2ccccc2)cc2ccccc12. The van der Waals surface area contributed by atoms with Gasteiger partial charge < -0.3 is 9.46 Å². The number of fused-ring (bicyclic) bond motifs is 2. The summed E-state index contributed by atoms with van der Waals surface area (Å²) in [6.07, 6.45) is 0. The second kappa shape index (κ2) is 9.39. The molecule has 2 nitrogen and oxygen atoms in total. The summed E-state index contributed by atoms with van der Waals surface area (Å²) >= 11 is 0. The van der Waals surface area contributed by atoms with E-state index in [0.717, 1.165) is 43.5 Å². The van der Waals surface area contributed by atoms with Gasteiger partial charge in [0.15, 0.2) is 7.14 Å². The smallest absolute Gasteiger partial charge is 0.171 e. The number of benzene rings is 6. The van der Waals surface area contributed by atoms with Crippen molar-refractivity contribution in [2.45, 2.75) is 0 Å². The largest absolute Gasteiger partial charge is 0.377 e. The van der Waals surface area contributed by atoms with Crippen molar-refractivity contribution in [1.29, 1.82) is 0 Å². The first-order chi connectivity index (χ1) is 18.1. The molecule has 3 heteroatoms. The zero-order chi connectivity index (χ0) is 25.4. The second-order valence-corrected chi connectivity index (χ2v) is 12.3. The Kier molecular flexibility index (Phi) is 5.91. The van der Waals surface area contributed by atoms with E-state index in [0.29, 0.717) is 0 Å². The predicted octanol–water partition coefficient (Wildman–Crippen LogP) is 7.37. The van der Waals surface area contributed by atoms with Crippen LogP contribution in [0, 0.1) is 0 Å². The Hall–Kier alpha value is -4.13. The van der Waals surface area contributed by atoms with Gasteiger partial charge in [-0.1, -0.05) is 115 Å². The quantitative estimate of drug-likeness (QED) is 0.232. The minimum atomic E-state index is -3.14. The van der Waals surface area contributed by atoms with Crippen molar-refractivity contribution in [3.8, 4) is 11.1 Å². The molecule has 0 amide bonds. The summed E-state index contributed by atoms with van der Waals surface area (Å²) in [6, 6.07) is 45.4. The Balaban J connectivity index is 1.75. The third-order valence-corrected chi connectivity index (χ3v) is 10.1. The first kappa shape index (κ1) is 23.3. The first-order valence-electron chi connectivity index (χ1n) is 12.5. The van der Waals surface area contributed by atoms with Crippen molar-refractivity contribution >= 4 is 50.3 Å². The van der Waals surface area contributed by atoms with Crippen LogP contribution in [0.3, 0.4) is 0 Å². The molecule has 0 aliphatic carbocycles. The molecule has 0 aliphatic heterocycles. The van der Waals surface area contributed by atoms with Crippen molar-refractivity contribution in [3.63, 3.8) is 0 Å². The summed E-state index contributed by atoms with van der Waals surface area (Å²) in [5, 5.41) is 7.13. The Morgan fingerprint density at radius 1 is 0.514 bits per heavy atom. The highest BCUT2D eigenvalue weighted by Crippen LogP contribution is 2.46. The second-order valence-electron chi connectivity index (χ2n) is 9.57. The van der Waals surface area contributed by atoms with Crippen LogP contribution in [0.5, 0.6) is 0 Å². The van der Waals surface area contributed by atoms with Gasteiger partial charge in [-0.05, 0) is 45.3 Å². The summed E-state index contributed by atoms with van der Waals surface area (Å²) in [6.45, 7) is 0. The van der Waals surface area contributed by atoms with Crippen LogP contribution >= 0.6 is 7.14 Å². The number of anilines is 1. The minimum Gasteiger partial charge on any atom is -0.377 e. The summed E-state index contributed by atoms with van der Waals surface area (Å²) in [5.41, 5.74) is 3.39. The molecule has 0 unspecified atom stereocenters. The van der Waals surface area contributed by atoms with Crippen molar-refractivity contribution in [3.05, 3.63) is 133 Å². The van der Waals surface area contributed by atoms with Crippen LogP contribution in [-0.4, -0.2) is 14.1 Å². The topological polar surface area (TPSA) is 20.3 Å². The average Bonchev–Trinajstić information content (AvgIpc) is 2.96. The third-order valence-electron chi connectivity index (χ3n) is 7.11. The van der Waals surface area contributed by atoms with Crippen LogP contribution in [0.4, 0.5) is 5.69 Å². The van der Waals surface area contributed by atoms with E-state index in [-0.39, 0.29) is 0 Å². The lowest BCUT2D eigenvalue weighted by Gasteiger charge is -2.24. The van der Waals surface area contributed by atoms with E-state index in [1.54, 1.807) is 0 Å². The van der Waals surface area contributed by atoms with Crippen molar-refractivity contribution in [2.75, 3.05) is 19.0 Å². The molecule has 0 fully saturated rings. The molecule has 0 heterocycles. The van der Waals surface area contributed by atoms with Crippen LogP contribution in [0.25, 0.3) is 32.7 Å². The number of rotatable bonds is 5. The Bertz CT molecular complexity index is 1730. The molecule has 0 saturated heterocycles. The summed E-state index contributed by atoms with van der Waals surface area (Å²) < 4.78 is 15.3. The van der Waals surface area contributed by atoms with Gasteiger partial charge in [0.1, 0.15) is 0 Å². The number of hydrogen-bond acceptors (Lipinski definition) is 2. The molecule has 0 spiro atoms. The van der Waals surface area contributed by atoms with E-state index in [4.69, 9.17) is 0 Å². The van der Waals surface area contributed by atoms with Gasteiger partial charge in [-0.2, -0.15) is 0 Å². The fourth-order valence-corrected chi connectivity index (χ4v) is 8.03. The van der Waals surface area contributed by atoms with Gasteiger partial charge in [0.2, 0.25) is 0 Å². The minimum absolute atomic E-state index is 0.841. The van der Waals surface area contributed by atoms with Crippen LogP contribution in [-0.2, 0) is 4.57 Å². The zero-order valence-corrected chi connectivity index (χ0v) is 21.9. The van der Waals surface area contributed by atoms with Gasteiger partial charge in [-0.15, -0.1) is 0 Å². The Morgan fingerprint density at radius 2 is 1.05 bits per heavy atom. The lowest BCUT2D eigenvalue weighted by molar-refractivity contribution is 0.592. The fraction of sp³-hybridized carbons (Fsp3) is 0.0588. The van der Waals surface area contributed by atoms with Gasteiger partial charge in [0.05, 0.1) is 0 Å². The molecule has 0 saturated carbocycles. The lowest BCUT2D eigenvalue weighted by atomic mass is 9.92. The molecule has 6 aromatic carbocycles. The lowest BCUT2D eigenvalue weighted by Crippen LogP contribution is -2.25. The number of hydrogen-bond donors (Lipinski definition) is 0. The molecule has 0 atom stereocenters. The molecular formula is C34H28NOP. The van der Waals surface area contributed by atoms with Crippen molar-refractivity contribution in [2.24, 2.45) is 0 Å². The maximum Gasteiger partial charge on any atom is 0.171 e. The molecule has 0 N–H and O–H groups in total. The third kappa shape index (κ3) is 3.95. The van der Waals surface area contributed by atoms with Gasteiger partial charge in [-0.25, -0.2) is 0 Å². The van der Waals surface area contributed by atoms with Crippen LogP contribution in [0.1, 0.15) is 0 Å². The van der Waals surface area contributed by atoms with E-state index in [2.05, 4.69) is 91.8 Å². The van der Waals surface area contributed by atoms with Gasteiger partial charge in [0.25, 0.3) is 0 Å². The Labute approximate surface area is 218 Å². The van der Waals surface area contributed by atoms with E-state index >= 15 is 4.57 Å². The fourth-order valence-electron chi connectivity index (χ4n) is 5.32. The van der Waals surface area contributed by atoms with Crippen LogP contribution in [0.15, 0.2) is 133 Å². The molecule has 0 radical (unpaired) electrons. The molecule has 0 aliphatic rings. The molecule has 6 aromatic rings. The summed E-state index contributed by atoms with van der Waals surface area (Å²) in [7, 11) is 1.02. The monoisotopic (exact) mass is 497 g/mol. The molecule has 37 heavy (non-hydrogen) atoms. The maximum atomic E-state index is 15.3. The van der Waals surface area contributed by atoms with E-state index < -0.39 is 7.14 Å². The van der Waals surface area contributed by atoms with Gasteiger partial charge in [0, 0.05) is 41.3 Å². The Morgan fingerprint density at radius 3 is 1.68 bits per heavy atom. The maximum absolute atomic E-state index is 15.3. The highest BCUT2D eigenvalue weighted by Gasteiger charge is 2.31. The normalized spacial score (nSPS) is 11.6. The van der Waals surface area contributed by atoms with E-state index in [1.807, 2.05) is 60.7 Å². The molecule has 6 rings (SSSR count). The van der Waals surface area contributed by atoms with Crippen molar-refractivity contribution in [1.82, 2.24) is 0 Å². The first-order valence-corrected chi connectivity index (χ1v) is 14.2. The summed E-state index contributed by atoms with van der Waals surface area (Å²) in [4.78, 5) is 2.16. The molecule has 0 aromatic heterocycles. The van der Waals surface area contributed by atoms with Gasteiger partial charge in [-0.3, -0.25) is 0 Å². The zero-order valence-electron chi connectivity index (χ0n) is 21.0. The van der Waals surface area contributed by atoms with Gasteiger partial charge >= 0.3 is 0 Å². The molecule has 0 bridgehead atoms. The number of nitrogens with zero attached hydrogens (tertiary/aromatic N) is 1. The summed E-state index contributed by atoms with van der Waals surface area (Å²) in [5.74, 6) is 0. The highest BCUT2D eigenvalue weighted by atomic mass is 31.2. The van der Waals surface area contributed by atoms with E-state index in [9.17, 15) is 0 Å². The molecular weight excluding hydrogens is 469 g/mol. The standard InChI is InChI=1S/C34H28NOP/c1-35(2)33-22-21-25-13-9-12-20-31(25)34(33)32-24-29(23-26-14-10-11-19-30(26)32)37(36,27-15-5-3-6-16-27)28-17-7-4-8-18-28/h3-24H,1-2H3. The highest BCUT2D eigenvalue weighted by molar-refractivity contribution is 7.85. The molecule has 180 valence electrons.